The summed E-state index contributed by atoms with van der Waals surface area (Å²) in [5.41, 5.74) is 0.812. The minimum Gasteiger partial charge on any atom is -0.310 e. The Hall–Kier alpha value is -0.580. The molecule has 112 valence electrons. The Morgan fingerprint density at radius 1 is 1.30 bits per heavy atom. The van der Waals surface area contributed by atoms with Gasteiger partial charge < -0.3 is 10.2 Å². The molecular formula is C16H25FN2S. The van der Waals surface area contributed by atoms with Gasteiger partial charge in [0.1, 0.15) is 5.82 Å². The van der Waals surface area contributed by atoms with Crippen molar-refractivity contribution in [3.8, 4) is 0 Å². The van der Waals surface area contributed by atoms with E-state index in [0.717, 1.165) is 31.5 Å². The molecule has 4 heteroatoms. The average Bonchev–Trinajstić information content (AvgIpc) is 2.49. The van der Waals surface area contributed by atoms with Gasteiger partial charge in [0.2, 0.25) is 0 Å². The normalized spacial score (nSPS) is 18.1. The van der Waals surface area contributed by atoms with Crippen molar-refractivity contribution in [2.75, 3.05) is 37.7 Å². The van der Waals surface area contributed by atoms with Crippen LogP contribution in [0.2, 0.25) is 0 Å². The van der Waals surface area contributed by atoms with Crippen LogP contribution in [0, 0.1) is 5.82 Å². The summed E-state index contributed by atoms with van der Waals surface area (Å²) in [4.78, 5) is 2.50. The van der Waals surface area contributed by atoms with Gasteiger partial charge in [0.25, 0.3) is 0 Å². The third kappa shape index (κ3) is 4.76. The van der Waals surface area contributed by atoms with Gasteiger partial charge >= 0.3 is 0 Å². The molecule has 1 heterocycles. The molecule has 0 spiro atoms. The Kier molecular flexibility index (Phi) is 6.83. The molecule has 1 aromatic carbocycles. The van der Waals surface area contributed by atoms with E-state index in [1.807, 2.05) is 23.9 Å². The number of rotatable bonds is 7. The second-order valence-electron chi connectivity index (χ2n) is 5.27. The number of nitrogens with one attached hydrogen (secondary N) is 1. The second-order valence-corrected chi connectivity index (χ2v) is 6.50. The van der Waals surface area contributed by atoms with E-state index in [0.29, 0.717) is 0 Å². The fourth-order valence-corrected chi connectivity index (χ4v) is 3.56. The molecule has 1 unspecified atom stereocenters. The van der Waals surface area contributed by atoms with Crippen molar-refractivity contribution >= 4 is 11.8 Å². The Morgan fingerprint density at radius 3 is 2.75 bits per heavy atom. The summed E-state index contributed by atoms with van der Waals surface area (Å²) in [5.74, 6) is 2.37. The van der Waals surface area contributed by atoms with E-state index < -0.39 is 0 Å². The molecule has 1 aliphatic rings. The lowest BCUT2D eigenvalue weighted by Crippen LogP contribution is -2.35. The highest BCUT2D eigenvalue weighted by Crippen LogP contribution is 2.21. The van der Waals surface area contributed by atoms with Crippen LogP contribution in [-0.4, -0.2) is 42.6 Å². The van der Waals surface area contributed by atoms with E-state index in [9.17, 15) is 4.39 Å². The zero-order valence-corrected chi connectivity index (χ0v) is 13.1. The van der Waals surface area contributed by atoms with Crippen molar-refractivity contribution in [3.05, 3.63) is 35.6 Å². The molecule has 2 nitrogen and oxygen atoms in total. The van der Waals surface area contributed by atoms with E-state index in [1.54, 1.807) is 12.1 Å². The van der Waals surface area contributed by atoms with Crippen molar-refractivity contribution in [2.24, 2.45) is 0 Å². The van der Waals surface area contributed by atoms with Gasteiger partial charge in [-0.25, -0.2) is 4.39 Å². The predicted octanol–water partition coefficient (Wildman–Crippen LogP) is 3.31. The van der Waals surface area contributed by atoms with Gasteiger partial charge in [-0.1, -0.05) is 25.1 Å². The number of hydrogen-bond acceptors (Lipinski definition) is 3. The van der Waals surface area contributed by atoms with Crippen LogP contribution in [0.5, 0.6) is 0 Å². The van der Waals surface area contributed by atoms with Crippen molar-refractivity contribution in [1.29, 1.82) is 0 Å². The van der Waals surface area contributed by atoms with E-state index in [-0.39, 0.29) is 11.9 Å². The van der Waals surface area contributed by atoms with Crippen LogP contribution in [0.1, 0.15) is 31.4 Å². The van der Waals surface area contributed by atoms with E-state index >= 15 is 0 Å². The maximum Gasteiger partial charge on any atom is 0.127 e. The molecule has 2 rings (SSSR count). The van der Waals surface area contributed by atoms with Crippen LogP contribution in [0.4, 0.5) is 4.39 Å². The molecule has 0 radical (unpaired) electrons. The number of thioether (sulfide) groups is 1. The molecule has 0 saturated carbocycles. The first-order chi connectivity index (χ1) is 9.81. The molecule has 1 N–H and O–H groups in total. The van der Waals surface area contributed by atoms with Gasteiger partial charge in [-0.3, -0.25) is 0 Å². The number of halogens is 1. The SMILES string of the molecule is CCCNC(CCN1CCSCC1)c1ccccc1F. The molecule has 0 bridgehead atoms. The topological polar surface area (TPSA) is 15.3 Å². The zero-order chi connectivity index (χ0) is 14.2. The smallest absolute Gasteiger partial charge is 0.127 e. The number of benzene rings is 1. The fourth-order valence-electron chi connectivity index (χ4n) is 2.58. The van der Waals surface area contributed by atoms with Crippen LogP contribution in [0.15, 0.2) is 24.3 Å². The molecule has 0 aromatic heterocycles. The summed E-state index contributed by atoms with van der Waals surface area (Å²) in [6, 6.07) is 7.29. The third-order valence-corrected chi connectivity index (χ3v) is 4.70. The maximum atomic E-state index is 14.0. The molecule has 1 atom stereocenters. The van der Waals surface area contributed by atoms with Gasteiger partial charge in [-0.2, -0.15) is 11.8 Å². The standard InChI is InChI=1S/C16H25FN2S/c1-2-8-18-16(14-5-3-4-6-15(14)17)7-9-19-10-12-20-13-11-19/h3-6,16,18H,2,7-13H2,1H3. The summed E-state index contributed by atoms with van der Waals surface area (Å²) in [6.45, 7) is 6.48. The predicted molar refractivity (Wildman–Crippen MR) is 85.8 cm³/mol. The molecule has 1 fully saturated rings. The summed E-state index contributed by atoms with van der Waals surface area (Å²) >= 11 is 2.03. The van der Waals surface area contributed by atoms with Crippen molar-refractivity contribution in [3.63, 3.8) is 0 Å². The van der Waals surface area contributed by atoms with Crippen LogP contribution in [0.3, 0.4) is 0 Å². The maximum absolute atomic E-state index is 14.0. The summed E-state index contributed by atoms with van der Waals surface area (Å²) in [5, 5.41) is 3.49. The highest BCUT2D eigenvalue weighted by molar-refractivity contribution is 7.99. The van der Waals surface area contributed by atoms with E-state index in [2.05, 4.69) is 17.1 Å². The molecule has 1 aliphatic heterocycles. The molecule has 20 heavy (non-hydrogen) atoms. The highest BCUT2D eigenvalue weighted by atomic mass is 32.2. The molecular weight excluding hydrogens is 271 g/mol. The summed E-state index contributed by atoms with van der Waals surface area (Å²) in [6.07, 6.45) is 2.05. The minimum atomic E-state index is -0.0877. The van der Waals surface area contributed by atoms with Crippen LogP contribution in [-0.2, 0) is 0 Å². The van der Waals surface area contributed by atoms with Crippen LogP contribution >= 0.6 is 11.8 Å². The van der Waals surface area contributed by atoms with Crippen molar-refractivity contribution in [2.45, 2.75) is 25.8 Å². The Morgan fingerprint density at radius 2 is 2.05 bits per heavy atom. The van der Waals surface area contributed by atoms with Gasteiger partial charge in [0.15, 0.2) is 0 Å². The summed E-state index contributed by atoms with van der Waals surface area (Å²) in [7, 11) is 0. The molecule has 1 aromatic rings. The van der Waals surface area contributed by atoms with Crippen molar-refractivity contribution in [1.82, 2.24) is 10.2 Å². The molecule has 0 aliphatic carbocycles. The molecule has 0 amide bonds. The van der Waals surface area contributed by atoms with Gasteiger partial charge in [0.05, 0.1) is 0 Å². The number of nitrogens with zero attached hydrogens (tertiary/aromatic N) is 1. The zero-order valence-electron chi connectivity index (χ0n) is 12.3. The third-order valence-electron chi connectivity index (χ3n) is 3.76. The Bertz CT molecular complexity index is 394. The van der Waals surface area contributed by atoms with E-state index in [4.69, 9.17) is 0 Å². The lowest BCUT2D eigenvalue weighted by molar-refractivity contribution is 0.279. The van der Waals surface area contributed by atoms with Crippen LogP contribution < -0.4 is 5.32 Å². The van der Waals surface area contributed by atoms with Gasteiger partial charge in [-0.05, 0) is 25.5 Å². The van der Waals surface area contributed by atoms with Crippen LogP contribution in [0.25, 0.3) is 0 Å². The van der Waals surface area contributed by atoms with Gasteiger partial charge in [0, 0.05) is 42.7 Å². The minimum absolute atomic E-state index is 0.0877. The molecule has 1 saturated heterocycles. The number of hydrogen-bond donors (Lipinski definition) is 1. The summed E-state index contributed by atoms with van der Waals surface area (Å²) < 4.78 is 14.0. The Labute approximate surface area is 126 Å². The first-order valence-electron chi connectivity index (χ1n) is 7.59. The average molecular weight is 296 g/mol. The quantitative estimate of drug-likeness (QED) is 0.831. The van der Waals surface area contributed by atoms with Gasteiger partial charge in [-0.15, -0.1) is 0 Å². The first-order valence-corrected chi connectivity index (χ1v) is 8.74. The second kappa shape index (κ2) is 8.65. The van der Waals surface area contributed by atoms with Crippen molar-refractivity contribution < 1.29 is 4.39 Å². The first kappa shape index (κ1) is 15.8. The fraction of sp³-hybridized carbons (Fsp3) is 0.625. The lowest BCUT2D eigenvalue weighted by atomic mass is 10.0. The van der Waals surface area contributed by atoms with E-state index in [1.165, 1.54) is 24.6 Å². The lowest BCUT2D eigenvalue weighted by Gasteiger charge is -2.28. The monoisotopic (exact) mass is 296 g/mol. The Balaban J connectivity index is 1.94. The largest absolute Gasteiger partial charge is 0.310 e. The highest BCUT2D eigenvalue weighted by Gasteiger charge is 2.17.